The molecule has 0 spiro atoms. The second-order valence-electron chi connectivity index (χ2n) is 6.67. The van der Waals surface area contributed by atoms with Gasteiger partial charge in [-0.25, -0.2) is 0 Å². The minimum Gasteiger partial charge on any atom is -0.493 e. The molecule has 0 aliphatic heterocycles. The first kappa shape index (κ1) is 19.0. The molecule has 27 heavy (non-hydrogen) atoms. The van der Waals surface area contributed by atoms with Crippen molar-refractivity contribution >= 4 is 0 Å². The van der Waals surface area contributed by atoms with Gasteiger partial charge in [-0.2, -0.15) is 0 Å². The SMILES string of the molecule is COc1cc(CNCCc2ccccc2)ccc1OCc1ccc(C)cc1. The average Bonchev–Trinajstić information content (AvgIpc) is 2.72. The van der Waals surface area contributed by atoms with E-state index in [9.17, 15) is 0 Å². The molecule has 0 heterocycles. The van der Waals surface area contributed by atoms with E-state index in [0.29, 0.717) is 6.61 Å². The number of ether oxygens (including phenoxy) is 2. The maximum absolute atomic E-state index is 5.95. The zero-order valence-corrected chi connectivity index (χ0v) is 16.1. The van der Waals surface area contributed by atoms with Crippen molar-refractivity contribution in [2.45, 2.75) is 26.5 Å². The standard InChI is InChI=1S/C24H27NO2/c1-19-8-10-21(11-9-19)18-27-23-13-12-22(16-24(23)26-2)17-25-15-14-20-6-4-3-5-7-20/h3-13,16,25H,14-15,17-18H2,1-2H3. The van der Waals surface area contributed by atoms with Gasteiger partial charge in [-0.3, -0.25) is 0 Å². The lowest BCUT2D eigenvalue weighted by Gasteiger charge is -2.13. The Balaban J connectivity index is 1.51. The van der Waals surface area contributed by atoms with Crippen LogP contribution in [0.25, 0.3) is 0 Å². The second-order valence-corrected chi connectivity index (χ2v) is 6.67. The number of methoxy groups -OCH3 is 1. The van der Waals surface area contributed by atoms with Crippen molar-refractivity contribution in [3.05, 3.63) is 95.1 Å². The topological polar surface area (TPSA) is 30.5 Å². The van der Waals surface area contributed by atoms with Crippen LogP contribution < -0.4 is 14.8 Å². The number of rotatable bonds is 9. The van der Waals surface area contributed by atoms with Crippen molar-refractivity contribution in [1.82, 2.24) is 5.32 Å². The van der Waals surface area contributed by atoms with E-state index in [-0.39, 0.29) is 0 Å². The summed E-state index contributed by atoms with van der Waals surface area (Å²) in [4.78, 5) is 0. The van der Waals surface area contributed by atoms with Gasteiger partial charge in [-0.05, 0) is 48.7 Å². The highest BCUT2D eigenvalue weighted by atomic mass is 16.5. The lowest BCUT2D eigenvalue weighted by Crippen LogP contribution is -2.16. The number of hydrogen-bond acceptors (Lipinski definition) is 3. The molecule has 3 rings (SSSR count). The number of benzene rings is 3. The van der Waals surface area contributed by atoms with Crippen molar-refractivity contribution in [2.75, 3.05) is 13.7 Å². The summed E-state index contributed by atoms with van der Waals surface area (Å²) < 4.78 is 11.5. The maximum Gasteiger partial charge on any atom is 0.161 e. The summed E-state index contributed by atoms with van der Waals surface area (Å²) in [5, 5.41) is 3.49. The molecule has 0 atom stereocenters. The molecule has 3 heteroatoms. The van der Waals surface area contributed by atoms with Crippen molar-refractivity contribution in [3.63, 3.8) is 0 Å². The first-order valence-corrected chi connectivity index (χ1v) is 9.34. The third kappa shape index (κ3) is 5.87. The largest absolute Gasteiger partial charge is 0.493 e. The van der Waals surface area contributed by atoms with E-state index in [1.165, 1.54) is 16.7 Å². The Bertz CT molecular complexity index is 829. The molecule has 3 aromatic rings. The number of hydrogen-bond donors (Lipinski definition) is 1. The summed E-state index contributed by atoms with van der Waals surface area (Å²) in [5.41, 5.74) is 4.93. The van der Waals surface area contributed by atoms with Crippen molar-refractivity contribution < 1.29 is 9.47 Å². The highest BCUT2D eigenvalue weighted by Gasteiger charge is 2.06. The normalized spacial score (nSPS) is 10.6. The van der Waals surface area contributed by atoms with Gasteiger partial charge in [0.15, 0.2) is 11.5 Å². The molecule has 0 unspecified atom stereocenters. The van der Waals surface area contributed by atoms with E-state index < -0.39 is 0 Å². The van der Waals surface area contributed by atoms with Gasteiger partial charge in [0.1, 0.15) is 6.61 Å². The predicted octanol–water partition coefficient (Wildman–Crippen LogP) is 4.91. The summed E-state index contributed by atoms with van der Waals surface area (Å²) in [6.07, 6.45) is 1.02. The lowest BCUT2D eigenvalue weighted by molar-refractivity contribution is 0.284. The van der Waals surface area contributed by atoms with Crippen molar-refractivity contribution in [1.29, 1.82) is 0 Å². The third-order valence-electron chi connectivity index (χ3n) is 4.51. The van der Waals surface area contributed by atoms with Gasteiger partial charge in [-0.1, -0.05) is 66.2 Å². The number of nitrogens with one attached hydrogen (secondary N) is 1. The summed E-state index contributed by atoms with van der Waals surface area (Å²) >= 11 is 0. The minimum absolute atomic E-state index is 0.533. The molecule has 0 aromatic heterocycles. The molecular weight excluding hydrogens is 334 g/mol. The Labute approximate surface area is 162 Å². The fourth-order valence-electron chi connectivity index (χ4n) is 2.90. The molecular formula is C24H27NO2. The Kier molecular flexibility index (Phi) is 6.89. The Morgan fingerprint density at radius 1 is 0.778 bits per heavy atom. The van der Waals surface area contributed by atoms with E-state index in [1.54, 1.807) is 7.11 Å². The molecule has 0 aliphatic carbocycles. The van der Waals surface area contributed by atoms with Gasteiger partial charge >= 0.3 is 0 Å². The Morgan fingerprint density at radius 2 is 1.52 bits per heavy atom. The van der Waals surface area contributed by atoms with Gasteiger partial charge in [-0.15, -0.1) is 0 Å². The van der Waals surface area contributed by atoms with Gasteiger partial charge < -0.3 is 14.8 Å². The first-order chi connectivity index (χ1) is 13.2. The third-order valence-corrected chi connectivity index (χ3v) is 4.51. The van der Waals surface area contributed by atoms with E-state index in [4.69, 9.17) is 9.47 Å². The van der Waals surface area contributed by atoms with E-state index >= 15 is 0 Å². The lowest BCUT2D eigenvalue weighted by atomic mass is 10.1. The fourth-order valence-corrected chi connectivity index (χ4v) is 2.90. The van der Waals surface area contributed by atoms with Crippen LogP contribution in [0.3, 0.4) is 0 Å². The highest BCUT2D eigenvalue weighted by Crippen LogP contribution is 2.28. The maximum atomic E-state index is 5.95. The molecule has 0 bridgehead atoms. The molecule has 140 valence electrons. The molecule has 1 N–H and O–H groups in total. The summed E-state index contributed by atoms with van der Waals surface area (Å²) in [6, 6.07) is 25.0. The van der Waals surface area contributed by atoms with Crippen LogP contribution in [0.5, 0.6) is 11.5 Å². The molecule has 0 saturated carbocycles. The molecule has 0 saturated heterocycles. The predicted molar refractivity (Wildman–Crippen MR) is 110 cm³/mol. The van der Waals surface area contributed by atoms with Gasteiger partial charge in [0.2, 0.25) is 0 Å². The van der Waals surface area contributed by atoms with Crippen LogP contribution in [0.4, 0.5) is 0 Å². The Morgan fingerprint density at radius 3 is 2.26 bits per heavy atom. The zero-order valence-electron chi connectivity index (χ0n) is 16.1. The molecule has 0 amide bonds. The van der Waals surface area contributed by atoms with Crippen LogP contribution >= 0.6 is 0 Å². The second kappa shape index (κ2) is 9.79. The first-order valence-electron chi connectivity index (χ1n) is 9.34. The van der Waals surface area contributed by atoms with Crippen LogP contribution in [0.1, 0.15) is 22.3 Å². The smallest absolute Gasteiger partial charge is 0.161 e. The highest BCUT2D eigenvalue weighted by molar-refractivity contribution is 5.43. The van der Waals surface area contributed by atoms with E-state index in [0.717, 1.165) is 36.6 Å². The molecule has 0 radical (unpaired) electrons. The van der Waals surface area contributed by atoms with Crippen LogP contribution in [-0.2, 0) is 19.6 Å². The van der Waals surface area contributed by atoms with Crippen LogP contribution in [0.2, 0.25) is 0 Å². The minimum atomic E-state index is 0.533. The van der Waals surface area contributed by atoms with Gasteiger partial charge in [0.05, 0.1) is 7.11 Å². The van der Waals surface area contributed by atoms with Gasteiger partial charge in [0, 0.05) is 6.54 Å². The molecule has 0 aliphatic rings. The summed E-state index contributed by atoms with van der Waals surface area (Å²) in [6.45, 7) is 4.37. The summed E-state index contributed by atoms with van der Waals surface area (Å²) in [5.74, 6) is 1.54. The van der Waals surface area contributed by atoms with Crippen LogP contribution in [0.15, 0.2) is 72.8 Å². The van der Waals surface area contributed by atoms with E-state index in [2.05, 4.69) is 66.8 Å². The van der Waals surface area contributed by atoms with Crippen molar-refractivity contribution in [3.8, 4) is 11.5 Å². The van der Waals surface area contributed by atoms with Gasteiger partial charge in [0.25, 0.3) is 0 Å². The van der Waals surface area contributed by atoms with Crippen LogP contribution in [0, 0.1) is 6.92 Å². The molecule has 3 aromatic carbocycles. The Hall–Kier alpha value is -2.78. The summed E-state index contributed by atoms with van der Waals surface area (Å²) in [7, 11) is 1.68. The zero-order chi connectivity index (χ0) is 18.9. The monoisotopic (exact) mass is 361 g/mol. The fraction of sp³-hybridized carbons (Fsp3) is 0.250. The average molecular weight is 361 g/mol. The van der Waals surface area contributed by atoms with Crippen LogP contribution in [-0.4, -0.2) is 13.7 Å². The van der Waals surface area contributed by atoms with E-state index in [1.807, 2.05) is 18.2 Å². The molecule has 3 nitrogen and oxygen atoms in total. The number of aryl methyl sites for hydroxylation is 1. The molecule has 0 fully saturated rings. The van der Waals surface area contributed by atoms with Crippen molar-refractivity contribution in [2.24, 2.45) is 0 Å². The quantitative estimate of drug-likeness (QED) is 0.549.